The second-order valence-corrected chi connectivity index (χ2v) is 4.40. The molecule has 0 saturated heterocycles. The van der Waals surface area contributed by atoms with Crippen molar-refractivity contribution in [1.82, 2.24) is 9.97 Å². The molecule has 0 aliphatic heterocycles. The van der Waals surface area contributed by atoms with Crippen molar-refractivity contribution in [3.8, 4) is 0 Å². The lowest BCUT2D eigenvalue weighted by molar-refractivity contribution is 1.04. The number of hydrogen-bond donors (Lipinski definition) is 3. The summed E-state index contributed by atoms with van der Waals surface area (Å²) >= 11 is 6.84. The Labute approximate surface area is 100 Å². The molecule has 0 aliphatic carbocycles. The molecule has 0 saturated carbocycles. The number of rotatable bonds is 3. The molecule has 7 heteroatoms. The first kappa shape index (κ1) is 11.0. The van der Waals surface area contributed by atoms with E-state index in [4.69, 9.17) is 17.3 Å². The molecule has 2 aromatic rings. The van der Waals surface area contributed by atoms with Crippen LogP contribution in [0.1, 0.15) is 5.69 Å². The highest BCUT2D eigenvalue weighted by Gasteiger charge is 2.02. The lowest BCUT2D eigenvalue weighted by Crippen LogP contribution is -2.06. The van der Waals surface area contributed by atoms with Crippen LogP contribution >= 0.6 is 22.9 Å². The molecular formula is C9H9ClN4OS. The molecule has 5 nitrogen and oxygen atoms in total. The maximum Gasteiger partial charge on any atom is 0.304 e. The molecule has 0 spiro atoms. The third kappa shape index (κ3) is 2.53. The van der Waals surface area contributed by atoms with Gasteiger partial charge in [-0.2, -0.15) is 0 Å². The molecule has 2 heterocycles. The molecule has 2 aromatic heterocycles. The van der Waals surface area contributed by atoms with Crippen molar-refractivity contribution in [2.24, 2.45) is 0 Å². The Morgan fingerprint density at radius 3 is 3.06 bits per heavy atom. The number of aromatic nitrogens is 2. The van der Waals surface area contributed by atoms with Crippen LogP contribution in [0, 0.1) is 0 Å². The summed E-state index contributed by atoms with van der Waals surface area (Å²) in [6.45, 7) is 0.470. The Kier molecular flexibility index (Phi) is 3.12. The minimum absolute atomic E-state index is 0.0752. The fraction of sp³-hybridized carbons (Fsp3) is 0.111. The second-order valence-electron chi connectivity index (χ2n) is 3.12. The largest absolute Gasteiger partial charge is 0.396 e. The van der Waals surface area contributed by atoms with Crippen LogP contribution in [0.2, 0.25) is 5.02 Å². The fourth-order valence-electron chi connectivity index (χ4n) is 1.18. The zero-order valence-electron chi connectivity index (χ0n) is 8.16. The predicted octanol–water partition coefficient (Wildman–Crippen LogP) is 1.68. The molecule has 0 bridgehead atoms. The van der Waals surface area contributed by atoms with Gasteiger partial charge in [0.15, 0.2) is 0 Å². The Morgan fingerprint density at radius 2 is 2.44 bits per heavy atom. The van der Waals surface area contributed by atoms with Crippen LogP contribution in [-0.2, 0) is 6.54 Å². The lowest BCUT2D eigenvalue weighted by Gasteiger charge is -2.06. The zero-order valence-corrected chi connectivity index (χ0v) is 9.73. The average molecular weight is 257 g/mol. The van der Waals surface area contributed by atoms with Crippen molar-refractivity contribution >= 4 is 34.4 Å². The molecule has 0 aromatic carbocycles. The average Bonchev–Trinajstić information content (AvgIpc) is 2.63. The maximum atomic E-state index is 10.9. The van der Waals surface area contributed by atoms with E-state index in [0.29, 0.717) is 23.1 Å². The Hall–Kier alpha value is -1.53. The van der Waals surface area contributed by atoms with Gasteiger partial charge in [-0.3, -0.25) is 4.79 Å². The molecule has 2 rings (SSSR count). The molecule has 0 radical (unpaired) electrons. The first-order valence-electron chi connectivity index (χ1n) is 4.47. The van der Waals surface area contributed by atoms with E-state index in [2.05, 4.69) is 15.3 Å². The van der Waals surface area contributed by atoms with Gasteiger partial charge in [-0.05, 0) is 6.07 Å². The van der Waals surface area contributed by atoms with Crippen LogP contribution in [0.3, 0.4) is 0 Å². The van der Waals surface area contributed by atoms with Gasteiger partial charge in [0.2, 0.25) is 0 Å². The molecule has 4 N–H and O–H groups in total. The number of nitrogens with two attached hydrogens (primary N) is 1. The highest BCUT2D eigenvalue weighted by atomic mass is 35.5. The summed E-state index contributed by atoms with van der Waals surface area (Å²) in [6, 6.07) is 1.62. The summed E-state index contributed by atoms with van der Waals surface area (Å²) in [5, 5.41) is 5.26. The van der Waals surface area contributed by atoms with Gasteiger partial charge in [0.1, 0.15) is 5.82 Å². The summed E-state index contributed by atoms with van der Waals surface area (Å²) in [6.07, 6.45) is 1.51. The number of nitrogens with one attached hydrogen (secondary N) is 2. The summed E-state index contributed by atoms with van der Waals surface area (Å²) in [5.74, 6) is 0.552. The van der Waals surface area contributed by atoms with Crippen molar-refractivity contribution in [2.75, 3.05) is 11.1 Å². The number of halogens is 1. The van der Waals surface area contributed by atoms with Gasteiger partial charge in [-0.1, -0.05) is 22.9 Å². The second kappa shape index (κ2) is 4.54. The van der Waals surface area contributed by atoms with E-state index in [9.17, 15) is 4.79 Å². The van der Waals surface area contributed by atoms with Crippen LogP contribution in [0.4, 0.5) is 11.5 Å². The molecule has 16 heavy (non-hydrogen) atoms. The number of anilines is 2. The molecule has 84 valence electrons. The van der Waals surface area contributed by atoms with Crippen LogP contribution in [0.5, 0.6) is 0 Å². The quantitative estimate of drug-likeness (QED) is 0.780. The summed E-state index contributed by atoms with van der Waals surface area (Å²) < 4.78 is 0. The van der Waals surface area contributed by atoms with Gasteiger partial charge >= 0.3 is 4.87 Å². The zero-order chi connectivity index (χ0) is 11.5. The number of hydrogen-bond acceptors (Lipinski definition) is 5. The van der Waals surface area contributed by atoms with E-state index in [0.717, 1.165) is 17.0 Å². The number of nitrogen functional groups attached to an aromatic ring is 1. The van der Waals surface area contributed by atoms with Crippen LogP contribution < -0.4 is 15.9 Å². The molecule has 0 atom stereocenters. The van der Waals surface area contributed by atoms with E-state index in [1.165, 1.54) is 6.20 Å². The lowest BCUT2D eigenvalue weighted by atomic mass is 10.4. The SMILES string of the molecule is Nc1cc(Cl)cnc1NCc1csc(=O)[nH]1. The third-order valence-corrected chi connectivity index (χ3v) is 2.83. The van der Waals surface area contributed by atoms with Crippen molar-refractivity contribution in [1.29, 1.82) is 0 Å². The first-order chi connectivity index (χ1) is 7.65. The highest BCUT2D eigenvalue weighted by Crippen LogP contribution is 2.19. The van der Waals surface area contributed by atoms with Crippen molar-refractivity contribution in [3.63, 3.8) is 0 Å². The molecule has 0 aliphatic rings. The number of pyridine rings is 1. The Morgan fingerprint density at radius 1 is 1.62 bits per heavy atom. The van der Waals surface area contributed by atoms with E-state index in [1.54, 1.807) is 11.4 Å². The first-order valence-corrected chi connectivity index (χ1v) is 5.72. The van der Waals surface area contributed by atoms with E-state index in [-0.39, 0.29) is 4.87 Å². The van der Waals surface area contributed by atoms with Crippen LogP contribution in [0.25, 0.3) is 0 Å². The van der Waals surface area contributed by atoms with Crippen molar-refractivity contribution in [3.05, 3.63) is 38.0 Å². The molecule has 0 fully saturated rings. The minimum atomic E-state index is -0.0752. The molecule has 0 amide bonds. The summed E-state index contributed by atoms with van der Waals surface area (Å²) in [4.78, 5) is 17.5. The van der Waals surface area contributed by atoms with Gasteiger partial charge in [0.05, 0.1) is 17.3 Å². The minimum Gasteiger partial charge on any atom is -0.396 e. The van der Waals surface area contributed by atoms with Crippen LogP contribution in [-0.4, -0.2) is 9.97 Å². The van der Waals surface area contributed by atoms with E-state index < -0.39 is 0 Å². The van der Waals surface area contributed by atoms with Crippen molar-refractivity contribution in [2.45, 2.75) is 6.54 Å². The van der Waals surface area contributed by atoms with Gasteiger partial charge < -0.3 is 16.0 Å². The van der Waals surface area contributed by atoms with Gasteiger partial charge in [0.25, 0.3) is 0 Å². The smallest absolute Gasteiger partial charge is 0.304 e. The van der Waals surface area contributed by atoms with Gasteiger partial charge in [0, 0.05) is 17.3 Å². The predicted molar refractivity (Wildman–Crippen MR) is 65.9 cm³/mol. The van der Waals surface area contributed by atoms with E-state index in [1.807, 2.05) is 0 Å². The number of nitrogens with zero attached hydrogens (tertiary/aromatic N) is 1. The fourth-order valence-corrected chi connectivity index (χ4v) is 1.93. The Balaban J connectivity index is 2.07. The summed E-state index contributed by atoms with van der Waals surface area (Å²) in [5.41, 5.74) is 6.99. The third-order valence-electron chi connectivity index (χ3n) is 1.90. The molecule has 0 unspecified atom stereocenters. The van der Waals surface area contributed by atoms with Gasteiger partial charge in [-0.25, -0.2) is 4.98 Å². The monoisotopic (exact) mass is 256 g/mol. The van der Waals surface area contributed by atoms with Crippen molar-refractivity contribution < 1.29 is 0 Å². The van der Waals surface area contributed by atoms with Crippen LogP contribution in [0.15, 0.2) is 22.4 Å². The molecular weight excluding hydrogens is 248 g/mol. The normalized spacial score (nSPS) is 10.3. The number of aromatic amines is 1. The summed E-state index contributed by atoms with van der Waals surface area (Å²) in [7, 11) is 0. The van der Waals surface area contributed by atoms with E-state index >= 15 is 0 Å². The topological polar surface area (TPSA) is 83.8 Å². The Bertz CT molecular complexity index is 550. The number of thiazole rings is 1. The number of H-pyrrole nitrogens is 1. The highest BCUT2D eigenvalue weighted by molar-refractivity contribution is 7.07. The standard InChI is InChI=1S/C9H9ClN4OS/c10-5-1-7(11)8(12-2-5)13-3-6-4-16-9(15)14-6/h1-2,4H,3,11H2,(H,12,13)(H,14,15). The maximum absolute atomic E-state index is 10.9. The van der Waals surface area contributed by atoms with Gasteiger partial charge in [-0.15, -0.1) is 0 Å².